The monoisotopic (exact) mass is 953 g/mol. The maximum atomic E-state index is 14.1. The molecule has 14 nitrogen and oxygen atoms in total. The smallest absolute Gasteiger partial charge is 0.262 e. The molecule has 70 heavy (non-hydrogen) atoms. The van der Waals surface area contributed by atoms with Crippen LogP contribution in [0, 0.1) is 29.5 Å². The van der Waals surface area contributed by atoms with Gasteiger partial charge in [-0.3, -0.25) is 44.0 Å². The van der Waals surface area contributed by atoms with Crippen molar-refractivity contribution >= 4 is 57.7 Å². The summed E-state index contributed by atoms with van der Waals surface area (Å²) in [6, 6.07) is 18.9. The molecule has 1 aromatic heterocycles. The zero-order valence-electron chi connectivity index (χ0n) is 40.0. The fourth-order valence-electron chi connectivity index (χ4n) is 12.2. The highest BCUT2D eigenvalue weighted by Gasteiger charge is 2.45. The summed E-state index contributed by atoms with van der Waals surface area (Å²) in [6.45, 7) is 6.28. The molecule has 5 heterocycles. The van der Waals surface area contributed by atoms with E-state index in [1.54, 1.807) is 24.3 Å². The highest BCUT2D eigenvalue weighted by molar-refractivity contribution is 6.23. The van der Waals surface area contributed by atoms with Gasteiger partial charge in [0.2, 0.25) is 23.6 Å². The van der Waals surface area contributed by atoms with Gasteiger partial charge in [-0.25, -0.2) is 4.39 Å². The van der Waals surface area contributed by atoms with E-state index in [1.807, 2.05) is 54.4 Å². The highest BCUT2D eigenvalue weighted by Crippen LogP contribution is 2.41. The average Bonchev–Trinajstić information content (AvgIpc) is 3.62. The number of carbonyl (C=O) groups excluding carboxylic acids is 6. The number of likely N-dealkylation sites (tertiary alicyclic amines) is 2. The molecule has 1 unspecified atom stereocenters. The van der Waals surface area contributed by atoms with Gasteiger partial charge in [0.05, 0.1) is 16.6 Å². The standard InChI is InChI=1S/C55H64FN7O7/c1-33(35-4-6-36(7-5-35)44-20-25-57-48-17-8-38(56)30-46(44)48)51(65)59-40-11-14-42(15-12-40)70-43-23-28-62(29-24-43)53(67)37-21-26-61(27-22-37)32-34-2-9-39(10-3-34)58-41-13-16-45-47(31-41)55(69)63(54(45)68)49-18-19-50(64)60-52(49)66/h8,11-17,20,25,30-31,33-37,39,43,49,58H,2-7,9-10,18-19,21-24,26-29,32H2,1H3,(H,59,65)(H,60,64,66)/t33-,34-,35-,36+,39-,49?/m1/s1. The first-order valence-corrected chi connectivity index (χ1v) is 25.7. The number of hydrogen-bond acceptors (Lipinski definition) is 10. The molecule has 6 amide bonds. The second-order valence-electron chi connectivity index (χ2n) is 20.8. The van der Waals surface area contributed by atoms with Crippen LogP contribution < -0.4 is 20.7 Å². The summed E-state index contributed by atoms with van der Waals surface area (Å²) in [5.41, 5.74) is 4.05. The normalized spacial score (nSPS) is 25.4. The van der Waals surface area contributed by atoms with E-state index in [-0.39, 0.29) is 71.5 Å². The predicted molar refractivity (Wildman–Crippen MR) is 263 cm³/mol. The van der Waals surface area contributed by atoms with Crippen LogP contribution >= 0.6 is 0 Å². The second kappa shape index (κ2) is 20.6. The maximum Gasteiger partial charge on any atom is 0.262 e. The average molecular weight is 954 g/mol. The van der Waals surface area contributed by atoms with E-state index in [1.165, 1.54) is 6.07 Å². The van der Waals surface area contributed by atoms with Crippen LogP contribution in [0.3, 0.4) is 0 Å². The number of rotatable bonds is 12. The molecule has 0 bridgehead atoms. The first kappa shape index (κ1) is 47.5. The Kier molecular flexibility index (Phi) is 14.0. The number of benzene rings is 3. The minimum absolute atomic E-state index is 0.0179. The molecule has 0 spiro atoms. The van der Waals surface area contributed by atoms with Crippen molar-refractivity contribution in [3.05, 3.63) is 95.4 Å². The molecule has 2 aliphatic carbocycles. The van der Waals surface area contributed by atoms with Crippen molar-refractivity contribution in [2.75, 3.05) is 43.4 Å². The molecule has 2 saturated carbocycles. The lowest BCUT2D eigenvalue weighted by Crippen LogP contribution is -2.54. The third-order valence-electron chi connectivity index (χ3n) is 16.4. The number of amides is 6. The van der Waals surface area contributed by atoms with E-state index in [2.05, 4.69) is 25.8 Å². The molecule has 4 aliphatic heterocycles. The van der Waals surface area contributed by atoms with Gasteiger partial charge in [-0.05, 0) is 174 Å². The zero-order valence-corrected chi connectivity index (χ0v) is 40.0. The second-order valence-corrected chi connectivity index (χ2v) is 20.8. The number of anilines is 2. The number of hydrogen-bond donors (Lipinski definition) is 3. The lowest BCUT2D eigenvalue weighted by molar-refractivity contribution is -0.139. The Hall–Kier alpha value is -6.22. The lowest BCUT2D eigenvalue weighted by Gasteiger charge is -2.39. The number of carbonyl (C=O) groups is 6. The summed E-state index contributed by atoms with van der Waals surface area (Å²) >= 11 is 0. The molecule has 10 rings (SSSR count). The number of nitrogens with one attached hydrogen (secondary N) is 3. The molecule has 0 radical (unpaired) electrons. The molecule has 5 fully saturated rings. The Labute approximate surface area is 408 Å². The van der Waals surface area contributed by atoms with E-state index in [9.17, 15) is 33.2 Å². The third-order valence-corrected chi connectivity index (χ3v) is 16.4. The van der Waals surface area contributed by atoms with Gasteiger partial charge in [0.1, 0.15) is 23.7 Å². The van der Waals surface area contributed by atoms with Crippen molar-refractivity contribution in [2.24, 2.45) is 23.7 Å². The van der Waals surface area contributed by atoms with Crippen LogP contribution in [0.2, 0.25) is 0 Å². The van der Waals surface area contributed by atoms with Crippen molar-refractivity contribution < 1.29 is 37.9 Å². The fourth-order valence-corrected chi connectivity index (χ4v) is 12.2. The molecule has 4 aromatic rings. The minimum Gasteiger partial charge on any atom is -0.490 e. The van der Waals surface area contributed by atoms with Crippen molar-refractivity contribution in [1.82, 2.24) is 25.0 Å². The SMILES string of the molecule is C[C@@H](C(=O)Nc1ccc(OC2CCN(C(=O)C3CCN(C[C@H]4CC[C@H](Nc5ccc6c(c5)C(=O)N(C5CCC(=O)NC5=O)C6=O)CC4)CC3)CC2)cc1)[C@H]1CC[C@@H](c2ccnc3ccc(F)cc32)CC1. The molecule has 15 heteroatoms. The van der Waals surface area contributed by atoms with Gasteiger partial charge >= 0.3 is 0 Å². The van der Waals surface area contributed by atoms with Gasteiger partial charge in [0, 0.05) is 79.7 Å². The molecule has 2 atom stereocenters. The van der Waals surface area contributed by atoms with Crippen LogP contribution in [0.1, 0.15) is 129 Å². The summed E-state index contributed by atoms with van der Waals surface area (Å²) in [4.78, 5) is 87.5. The van der Waals surface area contributed by atoms with Crippen LogP contribution in [0.5, 0.6) is 5.75 Å². The number of ether oxygens (including phenoxy) is 1. The Morgan fingerprint density at radius 2 is 1.49 bits per heavy atom. The number of piperidine rings is 3. The molecule has 3 saturated heterocycles. The zero-order chi connectivity index (χ0) is 48.5. The van der Waals surface area contributed by atoms with Crippen molar-refractivity contribution in [2.45, 2.75) is 121 Å². The van der Waals surface area contributed by atoms with Crippen LogP contribution in [-0.2, 0) is 19.2 Å². The van der Waals surface area contributed by atoms with Crippen LogP contribution in [0.4, 0.5) is 15.8 Å². The third kappa shape index (κ3) is 10.3. The van der Waals surface area contributed by atoms with E-state index in [0.29, 0.717) is 24.9 Å². The van der Waals surface area contributed by atoms with Gasteiger partial charge in [0.15, 0.2) is 0 Å². The molecular formula is C55H64FN7O7. The molecule has 368 valence electrons. The fraction of sp³-hybridized carbons (Fsp3) is 0.509. The van der Waals surface area contributed by atoms with Crippen LogP contribution in [0.15, 0.2) is 72.9 Å². The quantitative estimate of drug-likeness (QED) is 0.118. The predicted octanol–water partition coefficient (Wildman–Crippen LogP) is 8.08. The Morgan fingerprint density at radius 3 is 2.21 bits per heavy atom. The van der Waals surface area contributed by atoms with E-state index >= 15 is 0 Å². The van der Waals surface area contributed by atoms with Gasteiger partial charge in [-0.2, -0.15) is 0 Å². The number of nitrogens with zero attached hydrogens (tertiary/aromatic N) is 4. The first-order chi connectivity index (χ1) is 33.9. The lowest BCUT2D eigenvalue weighted by atomic mass is 9.73. The van der Waals surface area contributed by atoms with E-state index in [4.69, 9.17) is 4.74 Å². The van der Waals surface area contributed by atoms with Gasteiger partial charge in [-0.15, -0.1) is 0 Å². The molecule has 3 aromatic carbocycles. The Morgan fingerprint density at radius 1 is 0.771 bits per heavy atom. The summed E-state index contributed by atoms with van der Waals surface area (Å²) in [6.07, 6.45) is 13.3. The van der Waals surface area contributed by atoms with E-state index in [0.717, 1.165) is 135 Å². The molecule has 3 N–H and O–H groups in total. The topological polar surface area (TPSA) is 170 Å². The van der Waals surface area contributed by atoms with E-state index < -0.39 is 29.7 Å². The Balaban J connectivity index is 0.605. The summed E-state index contributed by atoms with van der Waals surface area (Å²) in [5.74, 6) is -0.0956. The molecular weight excluding hydrogens is 890 g/mol. The number of imide groups is 2. The minimum atomic E-state index is -0.980. The number of halogens is 1. The van der Waals surface area contributed by atoms with Crippen LogP contribution in [0.25, 0.3) is 10.9 Å². The maximum absolute atomic E-state index is 14.1. The Bertz CT molecular complexity index is 2630. The van der Waals surface area contributed by atoms with Crippen molar-refractivity contribution in [1.29, 1.82) is 0 Å². The summed E-state index contributed by atoms with van der Waals surface area (Å²) in [7, 11) is 0. The first-order valence-electron chi connectivity index (χ1n) is 25.7. The van der Waals surface area contributed by atoms with Gasteiger partial charge in [-0.1, -0.05) is 6.92 Å². The number of fused-ring (bicyclic) bond motifs is 2. The van der Waals surface area contributed by atoms with Gasteiger partial charge in [0.25, 0.3) is 11.8 Å². The van der Waals surface area contributed by atoms with Crippen molar-refractivity contribution in [3.63, 3.8) is 0 Å². The summed E-state index contributed by atoms with van der Waals surface area (Å²) in [5, 5.41) is 9.82. The number of aromatic nitrogens is 1. The van der Waals surface area contributed by atoms with Gasteiger partial charge < -0.3 is 25.2 Å². The number of pyridine rings is 1. The summed E-state index contributed by atoms with van der Waals surface area (Å²) < 4.78 is 20.4. The largest absolute Gasteiger partial charge is 0.490 e. The van der Waals surface area contributed by atoms with Crippen molar-refractivity contribution in [3.8, 4) is 5.75 Å². The molecule has 6 aliphatic rings. The highest BCUT2D eigenvalue weighted by atomic mass is 19.1. The van der Waals surface area contributed by atoms with Crippen LogP contribution in [-0.4, -0.2) is 106 Å².